The number of nitrogens with one attached hydrogen (secondary N) is 1. The summed E-state index contributed by atoms with van der Waals surface area (Å²) in [6.07, 6.45) is 1.80. The molecule has 3 heterocycles. The second kappa shape index (κ2) is 8.54. The SMILES string of the molecule is CCCCn1c(SCC(=O)Nc2nc(C)c(C)s2)nc2c1c(=O)n(C)c(=O)n2C. The number of nitrogens with zero attached hydrogens (tertiary/aromatic N) is 5. The molecule has 11 heteroatoms. The van der Waals surface area contributed by atoms with Crippen LogP contribution in [0.4, 0.5) is 5.13 Å². The first-order valence-corrected chi connectivity index (χ1v) is 11.1. The molecule has 3 aromatic rings. The minimum Gasteiger partial charge on any atom is -0.313 e. The zero-order valence-corrected chi connectivity index (χ0v) is 18.7. The fourth-order valence-electron chi connectivity index (χ4n) is 2.87. The summed E-state index contributed by atoms with van der Waals surface area (Å²) in [6, 6.07) is 0. The Labute approximate surface area is 175 Å². The van der Waals surface area contributed by atoms with Crippen molar-refractivity contribution in [1.82, 2.24) is 23.7 Å². The molecule has 29 heavy (non-hydrogen) atoms. The number of fused-ring (bicyclic) bond motifs is 1. The molecular weight excluding hydrogens is 412 g/mol. The number of hydrogen-bond acceptors (Lipinski definition) is 7. The normalized spacial score (nSPS) is 11.3. The molecule has 0 bridgehead atoms. The first-order chi connectivity index (χ1) is 13.7. The monoisotopic (exact) mass is 436 g/mol. The number of thiazole rings is 1. The minimum atomic E-state index is -0.425. The number of unbranched alkanes of at least 4 members (excludes halogenated alkanes) is 1. The Morgan fingerprint density at radius 2 is 1.90 bits per heavy atom. The van der Waals surface area contributed by atoms with Crippen LogP contribution in [0.25, 0.3) is 11.2 Å². The van der Waals surface area contributed by atoms with Crippen molar-refractivity contribution in [1.29, 1.82) is 0 Å². The molecule has 0 aromatic carbocycles. The molecule has 0 aliphatic carbocycles. The maximum atomic E-state index is 12.7. The molecule has 0 atom stereocenters. The van der Waals surface area contributed by atoms with Crippen molar-refractivity contribution in [2.24, 2.45) is 14.1 Å². The highest BCUT2D eigenvalue weighted by Gasteiger charge is 2.20. The second-order valence-electron chi connectivity index (χ2n) is 6.78. The summed E-state index contributed by atoms with van der Waals surface area (Å²) in [4.78, 5) is 47.2. The maximum absolute atomic E-state index is 12.7. The number of amides is 1. The number of carbonyl (C=O) groups excluding carboxylic acids is 1. The van der Waals surface area contributed by atoms with Crippen LogP contribution < -0.4 is 16.6 Å². The standard InChI is InChI=1S/C18H24N6O3S2/c1-6-7-8-24-13-14(22(4)18(27)23(5)15(13)26)21-17(24)28-9-12(25)20-16-19-10(2)11(3)29-16/h6-9H2,1-5H3,(H,19,20,25). The number of aryl methyl sites for hydroxylation is 4. The van der Waals surface area contributed by atoms with Gasteiger partial charge in [0.15, 0.2) is 21.5 Å². The Morgan fingerprint density at radius 1 is 1.17 bits per heavy atom. The zero-order valence-electron chi connectivity index (χ0n) is 17.1. The van der Waals surface area contributed by atoms with E-state index in [1.54, 1.807) is 7.05 Å². The van der Waals surface area contributed by atoms with Crippen molar-refractivity contribution >= 4 is 45.3 Å². The molecule has 3 aromatic heterocycles. The van der Waals surface area contributed by atoms with Crippen molar-refractivity contribution in [3.05, 3.63) is 31.4 Å². The second-order valence-corrected chi connectivity index (χ2v) is 8.92. The van der Waals surface area contributed by atoms with Crippen molar-refractivity contribution < 1.29 is 4.79 Å². The van der Waals surface area contributed by atoms with Gasteiger partial charge in [0.25, 0.3) is 5.56 Å². The van der Waals surface area contributed by atoms with Crippen LogP contribution in [0, 0.1) is 13.8 Å². The van der Waals surface area contributed by atoms with Crippen LogP contribution >= 0.6 is 23.1 Å². The average molecular weight is 437 g/mol. The van der Waals surface area contributed by atoms with Crippen LogP contribution in [0.2, 0.25) is 0 Å². The molecule has 3 rings (SSSR count). The van der Waals surface area contributed by atoms with Gasteiger partial charge >= 0.3 is 5.69 Å². The van der Waals surface area contributed by atoms with E-state index >= 15 is 0 Å². The van der Waals surface area contributed by atoms with Crippen LogP contribution in [-0.4, -0.2) is 35.3 Å². The topological polar surface area (TPSA) is 104 Å². The van der Waals surface area contributed by atoms with E-state index in [-0.39, 0.29) is 17.2 Å². The van der Waals surface area contributed by atoms with E-state index in [1.807, 2.05) is 18.4 Å². The van der Waals surface area contributed by atoms with E-state index in [0.717, 1.165) is 28.0 Å². The highest BCUT2D eigenvalue weighted by Crippen LogP contribution is 2.24. The number of anilines is 1. The van der Waals surface area contributed by atoms with Crippen molar-refractivity contribution in [3.63, 3.8) is 0 Å². The van der Waals surface area contributed by atoms with Crippen LogP contribution in [0.5, 0.6) is 0 Å². The minimum absolute atomic E-state index is 0.126. The van der Waals surface area contributed by atoms with Gasteiger partial charge in [0.05, 0.1) is 11.4 Å². The van der Waals surface area contributed by atoms with Gasteiger partial charge in [-0.3, -0.25) is 18.7 Å². The van der Waals surface area contributed by atoms with Gasteiger partial charge in [-0.2, -0.15) is 0 Å². The summed E-state index contributed by atoms with van der Waals surface area (Å²) < 4.78 is 4.27. The lowest BCUT2D eigenvalue weighted by atomic mass is 10.3. The highest BCUT2D eigenvalue weighted by atomic mass is 32.2. The molecule has 0 saturated heterocycles. The molecule has 0 spiro atoms. The van der Waals surface area contributed by atoms with Gasteiger partial charge in [0, 0.05) is 25.5 Å². The molecular formula is C18H24N6O3S2. The largest absolute Gasteiger partial charge is 0.332 e. The van der Waals surface area contributed by atoms with Gasteiger partial charge in [-0.05, 0) is 20.3 Å². The fraction of sp³-hybridized carbons (Fsp3) is 0.500. The van der Waals surface area contributed by atoms with Gasteiger partial charge < -0.3 is 9.88 Å². The predicted octanol–water partition coefficient (Wildman–Crippen LogP) is 2.04. The molecule has 0 saturated carbocycles. The molecule has 1 N–H and O–H groups in total. The predicted molar refractivity (Wildman–Crippen MR) is 116 cm³/mol. The fourth-order valence-corrected chi connectivity index (χ4v) is 4.52. The molecule has 9 nitrogen and oxygen atoms in total. The van der Waals surface area contributed by atoms with Gasteiger partial charge in [0.1, 0.15) is 0 Å². The van der Waals surface area contributed by atoms with Gasteiger partial charge in [-0.15, -0.1) is 11.3 Å². The summed E-state index contributed by atoms with van der Waals surface area (Å²) >= 11 is 2.68. The summed E-state index contributed by atoms with van der Waals surface area (Å²) in [5.41, 5.74) is 0.819. The lowest BCUT2D eigenvalue weighted by molar-refractivity contribution is -0.113. The number of rotatable bonds is 7. The molecule has 0 aliphatic heterocycles. The third-order valence-corrected chi connectivity index (χ3v) is 6.62. The van der Waals surface area contributed by atoms with Crippen LogP contribution in [0.3, 0.4) is 0 Å². The zero-order chi connectivity index (χ0) is 21.3. The lowest BCUT2D eigenvalue weighted by Gasteiger charge is -2.08. The van der Waals surface area contributed by atoms with E-state index in [4.69, 9.17) is 0 Å². The number of thioether (sulfide) groups is 1. The van der Waals surface area contributed by atoms with E-state index < -0.39 is 5.69 Å². The van der Waals surface area contributed by atoms with Crippen molar-refractivity contribution in [3.8, 4) is 0 Å². The van der Waals surface area contributed by atoms with Crippen molar-refractivity contribution in [2.45, 2.75) is 45.3 Å². The first-order valence-electron chi connectivity index (χ1n) is 9.27. The summed E-state index contributed by atoms with van der Waals surface area (Å²) in [7, 11) is 3.05. The number of imidazole rings is 1. The Balaban J connectivity index is 1.90. The molecule has 0 aliphatic rings. The van der Waals surface area contributed by atoms with Gasteiger partial charge in [0.2, 0.25) is 5.91 Å². The smallest absolute Gasteiger partial charge is 0.313 e. The molecule has 0 fully saturated rings. The quantitative estimate of drug-likeness (QED) is 0.569. The Hall–Kier alpha value is -2.40. The first kappa shape index (κ1) is 21.3. The van der Waals surface area contributed by atoms with E-state index in [1.165, 1.54) is 34.7 Å². The van der Waals surface area contributed by atoms with E-state index in [9.17, 15) is 14.4 Å². The highest BCUT2D eigenvalue weighted by molar-refractivity contribution is 7.99. The Morgan fingerprint density at radius 3 is 2.52 bits per heavy atom. The summed E-state index contributed by atoms with van der Waals surface area (Å²) in [6.45, 7) is 6.51. The number of carbonyl (C=O) groups is 1. The molecule has 0 unspecified atom stereocenters. The number of hydrogen-bond donors (Lipinski definition) is 1. The van der Waals surface area contributed by atoms with Crippen molar-refractivity contribution in [2.75, 3.05) is 11.1 Å². The maximum Gasteiger partial charge on any atom is 0.332 e. The Kier molecular flexibility index (Phi) is 6.27. The Bertz CT molecular complexity index is 1170. The third kappa shape index (κ3) is 4.15. The van der Waals surface area contributed by atoms with E-state index in [2.05, 4.69) is 22.2 Å². The lowest BCUT2D eigenvalue weighted by Crippen LogP contribution is -2.37. The summed E-state index contributed by atoms with van der Waals surface area (Å²) in [5, 5.41) is 3.92. The molecule has 156 valence electrons. The third-order valence-electron chi connectivity index (χ3n) is 4.66. The van der Waals surface area contributed by atoms with E-state index in [0.29, 0.717) is 28.0 Å². The van der Waals surface area contributed by atoms with Crippen LogP contribution in [-0.2, 0) is 25.4 Å². The van der Waals surface area contributed by atoms with Crippen LogP contribution in [0.1, 0.15) is 30.3 Å². The average Bonchev–Trinajstić information content (AvgIpc) is 3.20. The van der Waals surface area contributed by atoms with Gasteiger partial charge in [-0.25, -0.2) is 14.8 Å². The molecule has 1 amide bonds. The van der Waals surface area contributed by atoms with Gasteiger partial charge in [-0.1, -0.05) is 25.1 Å². The number of aromatic nitrogens is 5. The molecule has 0 radical (unpaired) electrons. The van der Waals surface area contributed by atoms with Crippen LogP contribution in [0.15, 0.2) is 14.7 Å². The summed E-state index contributed by atoms with van der Waals surface area (Å²) in [5.74, 6) is -0.0684.